The molecule has 3 aliphatic heterocycles. The molecule has 8 rings (SSSR count). The molecule has 5 aliphatic carbocycles. The van der Waals surface area contributed by atoms with E-state index in [2.05, 4.69) is 11.0 Å². The number of carbonyl (C=O) groups is 1. The molecule has 0 aromatic heterocycles. The van der Waals surface area contributed by atoms with Crippen LogP contribution in [0.3, 0.4) is 0 Å². The van der Waals surface area contributed by atoms with Crippen molar-refractivity contribution in [1.82, 2.24) is 9.80 Å². The normalized spacial score (nSPS) is 52.8. The van der Waals surface area contributed by atoms with Gasteiger partial charge in [0.05, 0.1) is 12.1 Å². The lowest BCUT2D eigenvalue weighted by molar-refractivity contribution is -0.136. The maximum absolute atomic E-state index is 13.3. The number of nitrogens with two attached hydrogens (primary N) is 1. The molecule has 1 amide bonds. The quantitative estimate of drug-likeness (QED) is 0.754. The molecule has 6 unspecified atom stereocenters. The first kappa shape index (κ1) is 19.4. The Bertz CT molecular complexity index is 769. The lowest BCUT2D eigenvalue weighted by Crippen LogP contribution is -2.57. The van der Waals surface area contributed by atoms with E-state index in [4.69, 9.17) is 5.73 Å². The number of nitrogens with zero attached hydrogens (tertiary/aromatic N) is 3. The first-order chi connectivity index (χ1) is 15.0. The van der Waals surface area contributed by atoms with Gasteiger partial charge < -0.3 is 10.6 Å². The Kier molecular flexibility index (Phi) is 4.18. The Morgan fingerprint density at radius 1 is 0.968 bits per heavy atom. The van der Waals surface area contributed by atoms with Crippen molar-refractivity contribution in [2.75, 3.05) is 6.54 Å². The average molecular weight is 423 g/mol. The second kappa shape index (κ2) is 6.70. The van der Waals surface area contributed by atoms with Crippen LogP contribution >= 0.6 is 0 Å². The van der Waals surface area contributed by atoms with E-state index in [0.29, 0.717) is 35.4 Å². The molecule has 3 heterocycles. The molecular weight excluding hydrogens is 384 g/mol. The van der Waals surface area contributed by atoms with Crippen LogP contribution < -0.4 is 5.73 Å². The largest absolute Gasteiger partial charge is 0.322 e. The highest BCUT2D eigenvalue weighted by molar-refractivity contribution is 5.84. The van der Waals surface area contributed by atoms with Gasteiger partial charge in [-0.05, 0) is 112 Å². The standard InChI is InChI=1S/C26H38N4O/c27-13-22-6-18-9-23(18)30(22)25(31)24(28)19-7-20-1-2-21(8-19)29(20)14-26-10-15-3-16(11-26)5-17(4-15)12-26/h15-24H,1-12,14,28H2. The highest BCUT2D eigenvalue weighted by Crippen LogP contribution is 2.61. The predicted octanol–water partition coefficient (Wildman–Crippen LogP) is 3.29. The van der Waals surface area contributed by atoms with E-state index in [1.165, 1.54) is 57.9 Å². The monoisotopic (exact) mass is 422 g/mol. The summed E-state index contributed by atoms with van der Waals surface area (Å²) in [4.78, 5) is 18.1. The van der Waals surface area contributed by atoms with Gasteiger partial charge in [-0.15, -0.1) is 0 Å². The van der Waals surface area contributed by atoms with Crippen molar-refractivity contribution >= 4 is 5.91 Å². The van der Waals surface area contributed by atoms with Crippen LogP contribution in [-0.4, -0.2) is 52.5 Å². The van der Waals surface area contributed by atoms with Gasteiger partial charge in [0.2, 0.25) is 5.91 Å². The Hall–Kier alpha value is -1.12. The summed E-state index contributed by atoms with van der Waals surface area (Å²) >= 11 is 0. The molecule has 0 spiro atoms. The van der Waals surface area contributed by atoms with Crippen LogP contribution in [0.4, 0.5) is 0 Å². The van der Waals surface area contributed by atoms with E-state index in [1.54, 1.807) is 0 Å². The number of hydrogen-bond donors (Lipinski definition) is 1. The number of likely N-dealkylation sites (tertiary alicyclic amines) is 1. The minimum atomic E-state index is -0.403. The Labute approximate surface area is 186 Å². The summed E-state index contributed by atoms with van der Waals surface area (Å²) < 4.78 is 0. The molecule has 8 aliphatic rings. The first-order valence-electron chi connectivity index (χ1n) is 13.2. The summed E-state index contributed by atoms with van der Waals surface area (Å²) in [5, 5.41) is 9.50. The second-order valence-electron chi connectivity index (χ2n) is 12.9. The van der Waals surface area contributed by atoms with Gasteiger partial charge in [0.25, 0.3) is 0 Å². The molecule has 0 aromatic carbocycles. The Morgan fingerprint density at radius 2 is 1.58 bits per heavy atom. The number of hydrogen-bond acceptors (Lipinski definition) is 4. The first-order valence-corrected chi connectivity index (χ1v) is 13.2. The van der Waals surface area contributed by atoms with Crippen molar-refractivity contribution in [3.63, 3.8) is 0 Å². The van der Waals surface area contributed by atoms with Crippen molar-refractivity contribution in [2.24, 2.45) is 40.7 Å². The molecule has 8 fully saturated rings. The van der Waals surface area contributed by atoms with E-state index in [1.807, 2.05) is 4.90 Å². The van der Waals surface area contributed by atoms with Crippen molar-refractivity contribution in [3.8, 4) is 6.07 Å². The van der Waals surface area contributed by atoms with Gasteiger partial charge in [0.1, 0.15) is 6.04 Å². The third-order valence-electron chi connectivity index (χ3n) is 10.9. The van der Waals surface area contributed by atoms with Crippen molar-refractivity contribution in [2.45, 2.75) is 107 Å². The number of carbonyl (C=O) groups excluding carboxylic acids is 1. The summed E-state index contributed by atoms with van der Waals surface area (Å²) in [7, 11) is 0. The minimum Gasteiger partial charge on any atom is -0.322 e. The van der Waals surface area contributed by atoms with E-state index in [0.717, 1.165) is 43.4 Å². The third-order valence-corrected chi connectivity index (χ3v) is 10.9. The molecule has 0 aromatic rings. The fourth-order valence-electron chi connectivity index (χ4n) is 10.0. The van der Waals surface area contributed by atoms with Gasteiger partial charge in [-0.3, -0.25) is 9.69 Å². The maximum Gasteiger partial charge on any atom is 0.241 e. The van der Waals surface area contributed by atoms with E-state index in [-0.39, 0.29) is 11.9 Å². The number of nitriles is 1. The van der Waals surface area contributed by atoms with Gasteiger partial charge in [-0.1, -0.05) is 0 Å². The van der Waals surface area contributed by atoms with Gasteiger partial charge in [-0.2, -0.15) is 5.26 Å². The van der Waals surface area contributed by atoms with E-state index < -0.39 is 6.04 Å². The number of amides is 1. The molecule has 5 heteroatoms. The molecule has 5 saturated carbocycles. The van der Waals surface area contributed by atoms with Gasteiger partial charge in [0.15, 0.2) is 0 Å². The van der Waals surface area contributed by atoms with Crippen molar-refractivity contribution in [3.05, 3.63) is 0 Å². The lowest BCUT2D eigenvalue weighted by Gasteiger charge is -2.59. The molecule has 6 bridgehead atoms. The van der Waals surface area contributed by atoms with Crippen LogP contribution in [-0.2, 0) is 4.79 Å². The zero-order valence-electron chi connectivity index (χ0n) is 18.8. The molecule has 31 heavy (non-hydrogen) atoms. The summed E-state index contributed by atoms with van der Waals surface area (Å²) in [5.41, 5.74) is 7.24. The minimum absolute atomic E-state index is 0.0792. The number of rotatable bonds is 4. The van der Waals surface area contributed by atoms with Crippen molar-refractivity contribution in [1.29, 1.82) is 5.26 Å². The smallest absolute Gasteiger partial charge is 0.241 e. The second-order valence-corrected chi connectivity index (χ2v) is 12.9. The summed E-state index contributed by atoms with van der Waals surface area (Å²) in [6.45, 7) is 1.33. The Morgan fingerprint density at radius 3 is 2.16 bits per heavy atom. The zero-order valence-corrected chi connectivity index (χ0v) is 18.8. The van der Waals surface area contributed by atoms with Gasteiger partial charge in [-0.25, -0.2) is 0 Å². The van der Waals surface area contributed by atoms with Crippen LogP contribution in [0.1, 0.15) is 77.0 Å². The molecule has 0 radical (unpaired) electrons. The highest BCUT2D eigenvalue weighted by Gasteiger charge is 2.57. The average Bonchev–Trinajstić information content (AvgIpc) is 3.35. The van der Waals surface area contributed by atoms with Crippen LogP contribution in [0.5, 0.6) is 0 Å². The van der Waals surface area contributed by atoms with Crippen LogP contribution in [0, 0.1) is 46.3 Å². The SMILES string of the molecule is N#CC1CC2CC2N1C(=O)C(N)C1CC2CCC(C1)N2CC12CC3CC(CC(C3)C1)C2. The predicted molar refractivity (Wildman–Crippen MR) is 118 cm³/mol. The molecule has 168 valence electrons. The number of fused-ring (bicyclic) bond motifs is 3. The van der Waals surface area contributed by atoms with E-state index in [9.17, 15) is 10.1 Å². The fourth-order valence-corrected chi connectivity index (χ4v) is 10.0. The summed E-state index contributed by atoms with van der Waals surface area (Å²) in [6.07, 6.45) is 15.8. The van der Waals surface area contributed by atoms with Crippen LogP contribution in [0.15, 0.2) is 0 Å². The van der Waals surface area contributed by atoms with E-state index >= 15 is 0 Å². The molecular formula is C26H38N4O. The third kappa shape index (κ3) is 2.97. The maximum atomic E-state index is 13.3. The molecule has 3 saturated heterocycles. The zero-order chi connectivity index (χ0) is 20.9. The fraction of sp³-hybridized carbons (Fsp3) is 0.923. The molecule has 2 N–H and O–H groups in total. The van der Waals surface area contributed by atoms with Gasteiger partial charge >= 0.3 is 0 Å². The van der Waals surface area contributed by atoms with Gasteiger partial charge in [0, 0.05) is 24.7 Å². The van der Waals surface area contributed by atoms with Crippen LogP contribution in [0.25, 0.3) is 0 Å². The molecule has 6 atom stereocenters. The summed E-state index contributed by atoms with van der Waals surface area (Å²) in [6, 6.07) is 3.32. The highest BCUT2D eigenvalue weighted by atomic mass is 16.2. The molecule has 5 nitrogen and oxygen atoms in total. The van der Waals surface area contributed by atoms with Crippen molar-refractivity contribution < 1.29 is 4.79 Å². The van der Waals surface area contributed by atoms with Crippen LogP contribution in [0.2, 0.25) is 0 Å². The summed E-state index contributed by atoms with van der Waals surface area (Å²) in [5.74, 6) is 4.01. The lowest BCUT2D eigenvalue weighted by atomic mass is 9.49. The topological polar surface area (TPSA) is 73.4 Å². The number of piperidine rings is 2. The Balaban J connectivity index is 1.04.